The number of carbonyl (C=O) groups excluding carboxylic acids is 2. The number of nitrogens with two attached hydrogens (primary N) is 2. The van der Waals surface area contributed by atoms with E-state index >= 15 is 0 Å². The van der Waals surface area contributed by atoms with Gasteiger partial charge in [-0.15, -0.1) is 0 Å². The number of hydrogen-bond donors (Lipinski definition) is 3. The van der Waals surface area contributed by atoms with Crippen LogP contribution in [0, 0.1) is 11.8 Å². The minimum absolute atomic E-state index is 0.150. The second-order valence-electron chi connectivity index (χ2n) is 10.8. The van der Waals surface area contributed by atoms with E-state index in [1.54, 1.807) is 42.0 Å². The van der Waals surface area contributed by atoms with Crippen LogP contribution in [0.4, 0.5) is 10.6 Å². The number of likely N-dealkylation sites (tertiary alicyclic amines) is 1. The fourth-order valence-corrected chi connectivity index (χ4v) is 5.46. The van der Waals surface area contributed by atoms with Crippen LogP contribution >= 0.6 is 11.6 Å². The lowest BCUT2D eigenvalue weighted by atomic mass is 10.1. The number of urea groups is 1. The van der Waals surface area contributed by atoms with Gasteiger partial charge in [0, 0.05) is 63.1 Å². The Morgan fingerprint density at radius 2 is 1.76 bits per heavy atom. The van der Waals surface area contributed by atoms with Gasteiger partial charge < -0.3 is 21.3 Å². The SMILES string of the molecule is CC(C)(N)C(=O)N1CCN(C(=O)Nc2ccn(-c3ccc(CN4CC5C(N)C5C4)c(Cl)c3)c(=O)n2)CC1. The van der Waals surface area contributed by atoms with Crippen LogP contribution < -0.4 is 22.5 Å². The third-order valence-electron chi connectivity index (χ3n) is 7.49. The van der Waals surface area contributed by atoms with Crippen molar-refractivity contribution in [3.63, 3.8) is 0 Å². The Bertz CT molecular complexity index is 1260. The molecule has 2 aliphatic heterocycles. The Morgan fingerprint density at radius 3 is 2.35 bits per heavy atom. The summed E-state index contributed by atoms with van der Waals surface area (Å²) in [6.07, 6.45) is 1.56. The molecule has 0 bridgehead atoms. The van der Waals surface area contributed by atoms with Crippen molar-refractivity contribution in [3.8, 4) is 5.69 Å². The molecule has 2 aromatic rings. The minimum atomic E-state index is -0.953. The third kappa shape index (κ3) is 5.35. The maximum Gasteiger partial charge on any atom is 0.354 e. The number of benzene rings is 1. The summed E-state index contributed by atoms with van der Waals surface area (Å²) < 4.78 is 1.38. The summed E-state index contributed by atoms with van der Waals surface area (Å²) >= 11 is 6.55. The highest BCUT2D eigenvalue weighted by Gasteiger charge is 2.53. The quantitative estimate of drug-likeness (QED) is 0.518. The highest BCUT2D eigenvalue weighted by Crippen LogP contribution is 2.44. The van der Waals surface area contributed by atoms with E-state index < -0.39 is 11.2 Å². The van der Waals surface area contributed by atoms with Gasteiger partial charge in [0.1, 0.15) is 5.82 Å². The maximum absolute atomic E-state index is 12.7. The first-order valence-corrected chi connectivity index (χ1v) is 12.9. The predicted molar refractivity (Wildman–Crippen MR) is 141 cm³/mol. The average Bonchev–Trinajstić information content (AvgIpc) is 3.24. The van der Waals surface area contributed by atoms with Crippen molar-refractivity contribution in [2.75, 3.05) is 44.6 Å². The van der Waals surface area contributed by atoms with Crippen molar-refractivity contribution >= 4 is 29.4 Å². The minimum Gasteiger partial charge on any atom is -0.338 e. The molecule has 3 amide bonds. The Morgan fingerprint density at radius 1 is 1.11 bits per heavy atom. The van der Waals surface area contributed by atoms with Crippen LogP contribution in [-0.2, 0) is 11.3 Å². The van der Waals surface area contributed by atoms with Gasteiger partial charge in [-0.3, -0.25) is 19.6 Å². The van der Waals surface area contributed by atoms with Gasteiger partial charge in [0.25, 0.3) is 0 Å². The molecule has 5 N–H and O–H groups in total. The van der Waals surface area contributed by atoms with E-state index in [1.807, 2.05) is 12.1 Å². The average molecular weight is 529 g/mol. The number of hydrogen-bond acceptors (Lipinski definition) is 7. The molecule has 0 spiro atoms. The molecular formula is C25H33ClN8O3. The van der Waals surface area contributed by atoms with Gasteiger partial charge in [-0.1, -0.05) is 17.7 Å². The second kappa shape index (κ2) is 9.71. The lowest BCUT2D eigenvalue weighted by Gasteiger charge is -2.37. The second-order valence-corrected chi connectivity index (χ2v) is 11.2. The zero-order valence-electron chi connectivity index (χ0n) is 21.1. The van der Waals surface area contributed by atoms with Crippen molar-refractivity contribution in [1.82, 2.24) is 24.3 Å². The normalized spacial score (nSPS) is 23.6. The monoisotopic (exact) mass is 528 g/mol. The Labute approximate surface area is 220 Å². The molecule has 3 heterocycles. The van der Waals surface area contributed by atoms with Gasteiger partial charge in [0.05, 0.1) is 11.2 Å². The number of aromatic nitrogens is 2. The van der Waals surface area contributed by atoms with Crippen molar-refractivity contribution in [2.45, 2.75) is 32.0 Å². The molecule has 3 aliphatic rings. The zero-order valence-corrected chi connectivity index (χ0v) is 21.8. The molecule has 1 saturated carbocycles. The van der Waals surface area contributed by atoms with E-state index in [0.717, 1.165) is 25.2 Å². The highest BCUT2D eigenvalue weighted by atomic mass is 35.5. The molecule has 2 saturated heterocycles. The molecule has 3 fully saturated rings. The molecule has 11 nitrogen and oxygen atoms in total. The lowest BCUT2D eigenvalue weighted by Crippen LogP contribution is -2.58. The summed E-state index contributed by atoms with van der Waals surface area (Å²) in [6.45, 7) is 7.59. The van der Waals surface area contributed by atoms with Gasteiger partial charge in [-0.25, -0.2) is 9.59 Å². The van der Waals surface area contributed by atoms with Crippen molar-refractivity contribution in [1.29, 1.82) is 0 Å². The standard InChI is InChI=1S/C25H33ClN8O3/c1-25(2,28)22(35)32-7-9-33(10-8-32)23(36)29-20-5-6-34(24(37)30-20)16-4-3-15(19(26)11-16)12-31-13-17-18(14-31)21(17)27/h3-6,11,17-18,21H,7-10,12-14,27-28H2,1-2H3,(H,29,30,36,37). The van der Waals surface area contributed by atoms with Crippen LogP contribution in [0.25, 0.3) is 5.69 Å². The molecular weight excluding hydrogens is 496 g/mol. The van der Waals surface area contributed by atoms with Gasteiger partial charge >= 0.3 is 11.7 Å². The van der Waals surface area contributed by atoms with E-state index in [-0.39, 0.29) is 17.8 Å². The van der Waals surface area contributed by atoms with Gasteiger partial charge in [0.15, 0.2) is 0 Å². The Hall–Kier alpha value is -2.99. The van der Waals surface area contributed by atoms with E-state index in [9.17, 15) is 14.4 Å². The number of nitrogens with one attached hydrogen (secondary N) is 1. The Balaban J connectivity index is 1.18. The van der Waals surface area contributed by atoms with Gasteiger partial charge in [-0.05, 0) is 49.4 Å². The topological polar surface area (TPSA) is 143 Å². The first-order valence-electron chi connectivity index (χ1n) is 12.5. The number of rotatable bonds is 5. The summed E-state index contributed by atoms with van der Waals surface area (Å²) in [6, 6.07) is 7.07. The third-order valence-corrected chi connectivity index (χ3v) is 7.84. The van der Waals surface area contributed by atoms with Crippen LogP contribution in [0.3, 0.4) is 0 Å². The number of nitrogens with zero attached hydrogens (tertiary/aromatic N) is 5. The summed E-state index contributed by atoms with van der Waals surface area (Å²) in [4.78, 5) is 47.4. The predicted octanol–water partition coefficient (Wildman–Crippen LogP) is 0.688. The van der Waals surface area contributed by atoms with Crippen LogP contribution in [0.2, 0.25) is 5.02 Å². The highest BCUT2D eigenvalue weighted by molar-refractivity contribution is 6.31. The fraction of sp³-hybridized carbons (Fsp3) is 0.520. The molecule has 2 unspecified atom stereocenters. The molecule has 1 aliphatic carbocycles. The summed E-state index contributed by atoms with van der Waals surface area (Å²) in [7, 11) is 0. The number of amides is 3. The first kappa shape index (κ1) is 25.7. The van der Waals surface area contributed by atoms with Crippen molar-refractivity contribution in [2.24, 2.45) is 23.3 Å². The molecule has 12 heteroatoms. The largest absolute Gasteiger partial charge is 0.354 e. The van der Waals surface area contributed by atoms with E-state index in [2.05, 4.69) is 15.2 Å². The van der Waals surface area contributed by atoms with Gasteiger partial charge in [-0.2, -0.15) is 4.98 Å². The van der Waals surface area contributed by atoms with Crippen LogP contribution in [0.15, 0.2) is 35.3 Å². The maximum atomic E-state index is 12.7. The molecule has 2 atom stereocenters. The van der Waals surface area contributed by atoms with Crippen LogP contribution in [0.5, 0.6) is 0 Å². The fourth-order valence-electron chi connectivity index (χ4n) is 5.22. The van der Waals surface area contributed by atoms with E-state index in [0.29, 0.717) is 54.8 Å². The van der Waals surface area contributed by atoms with E-state index in [1.165, 1.54) is 4.57 Å². The zero-order chi connectivity index (χ0) is 26.5. The number of piperazine rings is 1. The van der Waals surface area contributed by atoms with Crippen LogP contribution in [0.1, 0.15) is 19.4 Å². The lowest BCUT2D eigenvalue weighted by molar-refractivity contribution is -0.137. The number of halogens is 1. The van der Waals surface area contributed by atoms with Crippen molar-refractivity contribution in [3.05, 3.63) is 51.5 Å². The number of carbonyl (C=O) groups is 2. The molecule has 5 rings (SSSR count). The molecule has 198 valence electrons. The first-order chi connectivity index (χ1) is 17.5. The Kier molecular flexibility index (Phi) is 6.73. The molecule has 0 radical (unpaired) electrons. The number of piperidine rings is 1. The number of anilines is 1. The van der Waals surface area contributed by atoms with E-state index in [4.69, 9.17) is 23.1 Å². The molecule has 37 heavy (non-hydrogen) atoms. The summed E-state index contributed by atoms with van der Waals surface area (Å²) in [5.41, 5.74) is 12.0. The summed E-state index contributed by atoms with van der Waals surface area (Å²) in [5, 5.41) is 3.26. The molecule has 1 aromatic heterocycles. The summed E-state index contributed by atoms with van der Waals surface area (Å²) in [5.74, 6) is 1.22. The number of fused-ring (bicyclic) bond motifs is 1. The smallest absolute Gasteiger partial charge is 0.338 e. The molecule has 1 aromatic carbocycles. The van der Waals surface area contributed by atoms with Crippen LogP contribution in [-0.4, -0.2) is 87.0 Å². The van der Waals surface area contributed by atoms with Gasteiger partial charge in [0.2, 0.25) is 5.91 Å². The van der Waals surface area contributed by atoms with Crippen molar-refractivity contribution < 1.29 is 9.59 Å².